The first-order valence-electron chi connectivity index (χ1n) is 29.6. The Labute approximate surface area is 494 Å². The van der Waals surface area contributed by atoms with Crippen LogP contribution < -0.4 is 32.3 Å². The van der Waals surface area contributed by atoms with Crippen LogP contribution in [0, 0.1) is 11.8 Å². The number of primary amides is 1. The summed E-state index contributed by atoms with van der Waals surface area (Å²) in [6.45, 7) is 6.80. The lowest BCUT2D eigenvalue weighted by atomic mass is 9.91. The predicted molar refractivity (Wildman–Crippen MR) is 304 cm³/mol. The highest BCUT2D eigenvalue weighted by molar-refractivity contribution is 8.00. The van der Waals surface area contributed by atoms with Crippen molar-refractivity contribution in [2.75, 3.05) is 18.8 Å². The molecule has 1 saturated carbocycles. The number of nitrogens with two attached hydrogens (primary N) is 1. The van der Waals surface area contributed by atoms with E-state index in [1.807, 2.05) is 0 Å². The van der Waals surface area contributed by atoms with Crippen LogP contribution in [-0.4, -0.2) is 207 Å². The molecule has 1 aromatic carbocycles. The van der Waals surface area contributed by atoms with Crippen molar-refractivity contribution in [1.82, 2.24) is 36.4 Å². The number of aliphatic hydroxyl groups excluding tert-OH is 7. The lowest BCUT2D eigenvalue weighted by molar-refractivity contribution is -0.148. The fraction of sp³-hybridized carbons (Fsp3) is 0.737. The van der Waals surface area contributed by atoms with Crippen molar-refractivity contribution in [2.24, 2.45) is 17.6 Å². The number of benzene rings is 1. The van der Waals surface area contributed by atoms with Gasteiger partial charge in [-0.1, -0.05) is 77.8 Å². The van der Waals surface area contributed by atoms with Gasteiger partial charge in [0.25, 0.3) is 0 Å². The SMILES string of the molecule is CCC(C)CC(C)CCCCCCCCC(=O)N[C@H]1C[C@@H](O)[C@@H](SCC(=O)OC2CCCC2)NC(=O)[C@@H]2[C@@H](O)CCN2C(=O)[C@H]([C@H](O)CC(N)=O)NC(=O)[C@H]([C@H](O)[C@@H](O)c2ccc(O)cc2)NC(=O)C2C[C@@H](O)CN2C(=O)C([C@@H](C)O)NC1=O. The van der Waals surface area contributed by atoms with Gasteiger partial charge in [0.05, 0.1) is 42.7 Å². The van der Waals surface area contributed by atoms with Crippen LogP contribution in [0.15, 0.2) is 24.3 Å². The van der Waals surface area contributed by atoms with Gasteiger partial charge >= 0.3 is 5.97 Å². The minimum Gasteiger partial charge on any atom is -0.508 e. The van der Waals surface area contributed by atoms with E-state index in [0.29, 0.717) is 49.3 Å². The topological polar surface area (TPSA) is 417 Å². The molecule has 15 N–H and O–H groups in total. The zero-order chi connectivity index (χ0) is 61.9. The number of hydrogen-bond acceptors (Lipinski definition) is 19. The summed E-state index contributed by atoms with van der Waals surface area (Å²) in [7, 11) is 0. The summed E-state index contributed by atoms with van der Waals surface area (Å²) in [5, 5.41) is 101. The Kier molecular flexibility index (Phi) is 27.4. The van der Waals surface area contributed by atoms with Crippen LogP contribution in [0.2, 0.25) is 0 Å². The molecule has 5 rings (SSSR count). The number of carbonyl (C=O) groups excluding carboxylic acids is 9. The molecular formula is C57H90N8O18S. The average molecular weight is 1210 g/mol. The maximum absolute atomic E-state index is 14.8. The van der Waals surface area contributed by atoms with E-state index in [9.17, 15) is 84.0 Å². The van der Waals surface area contributed by atoms with Gasteiger partial charge in [0.1, 0.15) is 65.7 Å². The fourth-order valence-corrected chi connectivity index (χ4v) is 12.2. The summed E-state index contributed by atoms with van der Waals surface area (Å²) in [6.07, 6.45) is -5.17. The number of rotatable bonds is 24. The third kappa shape index (κ3) is 20.2. The Balaban J connectivity index is 1.53. The summed E-state index contributed by atoms with van der Waals surface area (Å²) in [5.74, 6) is -9.59. The van der Waals surface area contributed by atoms with Gasteiger partial charge in [0.15, 0.2) is 0 Å². The van der Waals surface area contributed by atoms with Crippen LogP contribution in [0.3, 0.4) is 0 Å². The van der Waals surface area contributed by atoms with Gasteiger partial charge in [0.2, 0.25) is 47.3 Å². The zero-order valence-corrected chi connectivity index (χ0v) is 49.3. The monoisotopic (exact) mass is 1210 g/mol. The second-order valence-corrected chi connectivity index (χ2v) is 24.4. The van der Waals surface area contributed by atoms with E-state index in [0.717, 1.165) is 80.2 Å². The third-order valence-electron chi connectivity index (χ3n) is 16.3. The predicted octanol–water partition coefficient (Wildman–Crippen LogP) is -1.11. The number of unbranched alkanes of at least 4 members (excludes halogenated alkanes) is 5. The van der Waals surface area contributed by atoms with Crippen LogP contribution in [0.1, 0.15) is 155 Å². The fourth-order valence-electron chi connectivity index (χ4n) is 11.3. The van der Waals surface area contributed by atoms with Crippen molar-refractivity contribution in [1.29, 1.82) is 0 Å². The summed E-state index contributed by atoms with van der Waals surface area (Å²) < 4.78 is 5.62. The lowest BCUT2D eigenvalue weighted by Crippen LogP contribution is -2.64. The normalized spacial score (nSPS) is 28.3. The van der Waals surface area contributed by atoms with Gasteiger partial charge < -0.3 is 87.7 Å². The number of esters is 1. The summed E-state index contributed by atoms with van der Waals surface area (Å²) in [5.41, 5.74) is 5.30. The number of thioether (sulfide) groups is 1. The molecule has 3 heterocycles. The molecule has 0 bridgehead atoms. The molecule has 16 atom stereocenters. The van der Waals surface area contributed by atoms with Gasteiger partial charge in [-0.25, -0.2) is 0 Å². The molecule has 0 aromatic heterocycles. The number of phenolic OH excluding ortho intramolecular Hbond substituents is 1. The number of aliphatic hydroxyl groups is 7. The molecule has 4 aliphatic rings. The number of nitrogens with one attached hydrogen (secondary N) is 5. The van der Waals surface area contributed by atoms with Crippen LogP contribution in [0.4, 0.5) is 0 Å². The maximum Gasteiger partial charge on any atom is 0.316 e. The number of nitrogens with zero attached hydrogens (tertiary/aromatic N) is 2. The average Bonchev–Trinajstić information content (AvgIpc) is 3.25. The molecule has 84 heavy (non-hydrogen) atoms. The van der Waals surface area contributed by atoms with Crippen molar-refractivity contribution >= 4 is 65.0 Å². The summed E-state index contributed by atoms with van der Waals surface area (Å²) in [6, 6.07) is -7.33. The number of aromatic hydroxyl groups is 1. The summed E-state index contributed by atoms with van der Waals surface area (Å²) >= 11 is 0.649. The molecule has 3 saturated heterocycles. The molecule has 26 nitrogen and oxygen atoms in total. The van der Waals surface area contributed by atoms with Crippen molar-refractivity contribution in [3.63, 3.8) is 0 Å². The van der Waals surface area contributed by atoms with Crippen LogP contribution in [-0.2, 0) is 47.9 Å². The molecule has 1 aromatic rings. The Morgan fingerprint density at radius 1 is 0.738 bits per heavy atom. The van der Waals surface area contributed by atoms with Gasteiger partial charge in [0, 0.05) is 32.4 Å². The van der Waals surface area contributed by atoms with E-state index in [-0.39, 0.29) is 30.3 Å². The molecule has 4 unspecified atom stereocenters. The van der Waals surface area contributed by atoms with Crippen molar-refractivity contribution in [3.8, 4) is 5.75 Å². The molecule has 1 aliphatic carbocycles. The molecule has 0 radical (unpaired) electrons. The largest absolute Gasteiger partial charge is 0.508 e. The van der Waals surface area contributed by atoms with Crippen LogP contribution in [0.25, 0.3) is 0 Å². The number of carbonyl (C=O) groups is 9. The van der Waals surface area contributed by atoms with E-state index in [4.69, 9.17) is 10.5 Å². The van der Waals surface area contributed by atoms with Crippen molar-refractivity contribution in [3.05, 3.63) is 29.8 Å². The van der Waals surface area contributed by atoms with Gasteiger partial charge in [-0.2, -0.15) is 0 Å². The second kappa shape index (κ2) is 33.3. The number of hydrogen-bond donors (Lipinski definition) is 14. The lowest BCUT2D eigenvalue weighted by Gasteiger charge is -2.34. The molecule has 8 amide bonds. The second-order valence-electron chi connectivity index (χ2n) is 23.3. The quantitative estimate of drug-likeness (QED) is 0.0431. The first kappa shape index (κ1) is 69.1. The minimum absolute atomic E-state index is 0.0768. The van der Waals surface area contributed by atoms with Crippen molar-refractivity contribution < 1.29 is 88.7 Å². The van der Waals surface area contributed by atoms with E-state index >= 15 is 0 Å². The van der Waals surface area contributed by atoms with Gasteiger partial charge in [-0.05, 0) is 81.4 Å². The van der Waals surface area contributed by atoms with Gasteiger partial charge in [-0.15, -0.1) is 11.8 Å². The first-order chi connectivity index (χ1) is 39.8. The van der Waals surface area contributed by atoms with E-state index in [2.05, 4.69) is 47.4 Å². The molecule has 4 fully saturated rings. The molecule has 27 heteroatoms. The zero-order valence-electron chi connectivity index (χ0n) is 48.5. The number of amides is 8. The third-order valence-corrected chi connectivity index (χ3v) is 17.5. The van der Waals surface area contributed by atoms with Gasteiger partial charge in [-0.3, -0.25) is 43.2 Å². The number of phenols is 1. The highest BCUT2D eigenvalue weighted by atomic mass is 32.2. The molecule has 3 aliphatic heterocycles. The van der Waals surface area contributed by atoms with E-state index in [1.165, 1.54) is 18.6 Å². The van der Waals surface area contributed by atoms with E-state index < -0.39 is 176 Å². The molecule has 0 spiro atoms. The van der Waals surface area contributed by atoms with E-state index in [1.54, 1.807) is 0 Å². The standard InChI is InChI=1S/C57H90N8O18S/c1-5-30(2)24-31(3)14-10-8-6-7-9-11-17-43(73)59-37-26-41(71)55(84-29-44(74)83-36-15-12-13-16-36)63-54(80)48-39(69)22-23-64(48)57(82)46(40(70)27-42(58)72)61-53(79)47(50(76)49(75)33-18-20-34(67)21-19-33)62-52(78)38-25-35(68)28-65(38)56(81)45(32(4)66)60-51(37)77/h18-21,30-32,35-41,45-50,55,66-71,75-76H,5-17,22-29H2,1-4H3,(H2,58,72)(H,59,73)(H,60,77)(H,61,79)(H,62,78)(H,63,80)/t30?,31?,32-,35-,37+,38?,39+,40-,41-,45?,46+,47+,48+,49+,50+,55-/m1/s1. The maximum atomic E-state index is 14.8. The Hall–Kier alpha value is -5.68. The highest BCUT2D eigenvalue weighted by Gasteiger charge is 2.49. The highest BCUT2D eigenvalue weighted by Crippen LogP contribution is 2.29. The Morgan fingerprint density at radius 3 is 2.00 bits per heavy atom. The van der Waals surface area contributed by atoms with Crippen molar-refractivity contribution in [2.45, 2.75) is 234 Å². The molecule has 472 valence electrons. The van der Waals surface area contributed by atoms with Crippen LogP contribution >= 0.6 is 11.8 Å². The Bertz CT molecular complexity index is 2380. The van der Waals surface area contributed by atoms with Crippen LogP contribution in [0.5, 0.6) is 5.75 Å². The number of fused-ring (bicyclic) bond motifs is 2. The Morgan fingerprint density at radius 2 is 1.36 bits per heavy atom. The number of ether oxygens (including phenoxy) is 1. The first-order valence-corrected chi connectivity index (χ1v) is 30.6. The minimum atomic E-state index is -2.37. The summed E-state index contributed by atoms with van der Waals surface area (Å²) in [4.78, 5) is 128. The molecular weight excluding hydrogens is 1120 g/mol. The smallest absolute Gasteiger partial charge is 0.316 e.